The molecule has 0 fully saturated rings. The maximum Gasteiger partial charge on any atom is 0.305 e. The number of carbonyl (C=O) groups is 2. The fourth-order valence-electron chi connectivity index (χ4n) is 2.23. The van der Waals surface area contributed by atoms with E-state index in [1.165, 1.54) is 19.2 Å². The average Bonchev–Trinajstić information content (AvgIpc) is 3.07. The molecular weight excluding hydrogens is 313 g/mol. The number of hydrogen-bond donors (Lipinski definition) is 1. The number of esters is 1. The summed E-state index contributed by atoms with van der Waals surface area (Å²) in [6.45, 7) is 0.482. The zero-order valence-corrected chi connectivity index (χ0v) is 13.5. The number of benzene rings is 1. The number of ether oxygens (including phenoxy) is 1. The minimum Gasteiger partial charge on any atom is -0.469 e. The third kappa shape index (κ3) is 4.94. The van der Waals surface area contributed by atoms with Crippen molar-refractivity contribution >= 4 is 11.9 Å². The molecule has 1 aromatic heterocycles. The zero-order valence-electron chi connectivity index (χ0n) is 13.5. The Balaban J connectivity index is 1.78. The van der Waals surface area contributed by atoms with E-state index in [0.29, 0.717) is 24.3 Å². The van der Waals surface area contributed by atoms with Crippen LogP contribution in [0.1, 0.15) is 36.2 Å². The Morgan fingerprint density at radius 3 is 2.67 bits per heavy atom. The maximum atomic E-state index is 13.7. The van der Waals surface area contributed by atoms with Crippen LogP contribution in [0.15, 0.2) is 40.8 Å². The predicted molar refractivity (Wildman–Crippen MR) is 86.9 cm³/mol. The Kier molecular flexibility index (Phi) is 6.54. The van der Waals surface area contributed by atoms with Crippen molar-refractivity contribution in [1.29, 1.82) is 0 Å². The van der Waals surface area contributed by atoms with E-state index < -0.39 is 5.82 Å². The van der Waals surface area contributed by atoms with Gasteiger partial charge in [-0.15, -0.1) is 0 Å². The number of rotatable bonds is 8. The third-order valence-electron chi connectivity index (χ3n) is 3.54. The second-order valence-corrected chi connectivity index (χ2v) is 5.29. The Hall–Kier alpha value is -2.63. The van der Waals surface area contributed by atoms with E-state index in [9.17, 15) is 14.0 Å². The van der Waals surface area contributed by atoms with E-state index in [0.717, 1.165) is 19.3 Å². The first-order chi connectivity index (χ1) is 11.6. The second kappa shape index (κ2) is 8.86. The lowest BCUT2D eigenvalue weighted by Crippen LogP contribution is -2.23. The minimum absolute atomic E-state index is 0.141. The van der Waals surface area contributed by atoms with Gasteiger partial charge in [-0.1, -0.05) is 18.6 Å². The molecule has 1 amide bonds. The molecule has 6 heteroatoms. The van der Waals surface area contributed by atoms with Crippen LogP contribution in [0.3, 0.4) is 0 Å². The summed E-state index contributed by atoms with van der Waals surface area (Å²) >= 11 is 0. The van der Waals surface area contributed by atoms with Crippen molar-refractivity contribution < 1.29 is 23.1 Å². The van der Waals surface area contributed by atoms with Gasteiger partial charge in [-0.3, -0.25) is 9.59 Å². The van der Waals surface area contributed by atoms with Crippen molar-refractivity contribution in [2.24, 2.45) is 0 Å². The molecule has 0 aliphatic carbocycles. The molecule has 0 aliphatic heterocycles. The number of amides is 1. The van der Waals surface area contributed by atoms with Gasteiger partial charge in [0.05, 0.1) is 12.7 Å². The van der Waals surface area contributed by atoms with Crippen molar-refractivity contribution in [2.75, 3.05) is 13.7 Å². The highest BCUT2D eigenvalue weighted by molar-refractivity contribution is 5.92. The van der Waals surface area contributed by atoms with Gasteiger partial charge in [0, 0.05) is 13.0 Å². The normalized spacial score (nSPS) is 10.4. The zero-order chi connectivity index (χ0) is 17.4. The molecule has 5 nitrogen and oxygen atoms in total. The van der Waals surface area contributed by atoms with Gasteiger partial charge in [0.2, 0.25) is 0 Å². The summed E-state index contributed by atoms with van der Waals surface area (Å²) in [5.74, 6) is -0.510. The molecular formula is C18H20FNO4. The van der Waals surface area contributed by atoms with E-state index in [1.54, 1.807) is 24.3 Å². The Morgan fingerprint density at radius 2 is 1.92 bits per heavy atom. The lowest BCUT2D eigenvalue weighted by molar-refractivity contribution is -0.140. The van der Waals surface area contributed by atoms with E-state index in [1.807, 2.05) is 0 Å². The van der Waals surface area contributed by atoms with Crippen LogP contribution in [0.25, 0.3) is 11.3 Å². The number of hydrogen-bond acceptors (Lipinski definition) is 4. The van der Waals surface area contributed by atoms with Gasteiger partial charge < -0.3 is 14.5 Å². The number of furan rings is 1. The summed E-state index contributed by atoms with van der Waals surface area (Å²) in [7, 11) is 1.36. The van der Waals surface area contributed by atoms with Crippen LogP contribution in [0.5, 0.6) is 0 Å². The van der Waals surface area contributed by atoms with E-state index >= 15 is 0 Å². The van der Waals surface area contributed by atoms with Crippen LogP contribution in [0.2, 0.25) is 0 Å². The first-order valence-corrected chi connectivity index (χ1v) is 7.81. The van der Waals surface area contributed by atoms with Gasteiger partial charge in [0.15, 0.2) is 5.76 Å². The number of carbonyl (C=O) groups excluding carboxylic acids is 2. The quantitative estimate of drug-likeness (QED) is 0.592. The van der Waals surface area contributed by atoms with Crippen molar-refractivity contribution in [2.45, 2.75) is 25.7 Å². The van der Waals surface area contributed by atoms with Gasteiger partial charge in [-0.05, 0) is 37.1 Å². The molecule has 2 aromatic rings. The fourth-order valence-corrected chi connectivity index (χ4v) is 2.23. The molecule has 128 valence electrons. The SMILES string of the molecule is COC(=O)CCCCCNC(=O)c1ccc(-c2ccccc2F)o1. The molecule has 24 heavy (non-hydrogen) atoms. The average molecular weight is 333 g/mol. The summed E-state index contributed by atoms with van der Waals surface area (Å²) in [5.41, 5.74) is 0.319. The highest BCUT2D eigenvalue weighted by atomic mass is 19.1. The maximum absolute atomic E-state index is 13.7. The van der Waals surface area contributed by atoms with Gasteiger partial charge in [0.25, 0.3) is 5.91 Å². The molecule has 0 aliphatic rings. The molecule has 0 unspecified atom stereocenters. The van der Waals surface area contributed by atoms with Crippen molar-refractivity contribution in [3.05, 3.63) is 48.0 Å². The van der Waals surface area contributed by atoms with E-state index in [-0.39, 0.29) is 17.6 Å². The van der Waals surface area contributed by atoms with Crippen LogP contribution >= 0.6 is 0 Å². The monoisotopic (exact) mass is 333 g/mol. The van der Waals surface area contributed by atoms with Crippen LogP contribution < -0.4 is 5.32 Å². The number of unbranched alkanes of at least 4 members (excludes halogenated alkanes) is 2. The summed E-state index contributed by atoms with van der Waals surface area (Å²) in [6.07, 6.45) is 2.67. The van der Waals surface area contributed by atoms with Crippen molar-refractivity contribution in [3.8, 4) is 11.3 Å². The number of halogens is 1. The van der Waals surface area contributed by atoms with Gasteiger partial charge in [-0.2, -0.15) is 0 Å². The standard InChI is InChI=1S/C18H20FNO4/c1-23-17(21)9-3-2-6-12-20-18(22)16-11-10-15(24-16)13-7-4-5-8-14(13)19/h4-5,7-8,10-11H,2-3,6,9,12H2,1H3,(H,20,22). The molecule has 0 atom stereocenters. The van der Waals surface area contributed by atoms with Crippen LogP contribution in [0.4, 0.5) is 4.39 Å². The van der Waals surface area contributed by atoms with Crippen molar-refractivity contribution in [1.82, 2.24) is 5.32 Å². The van der Waals surface area contributed by atoms with E-state index in [4.69, 9.17) is 4.42 Å². The molecule has 1 aromatic carbocycles. The summed E-state index contributed by atoms with van der Waals surface area (Å²) < 4.78 is 23.7. The number of nitrogens with one attached hydrogen (secondary N) is 1. The molecule has 1 heterocycles. The molecule has 0 bridgehead atoms. The number of methoxy groups -OCH3 is 1. The molecule has 0 saturated heterocycles. The summed E-state index contributed by atoms with van der Waals surface area (Å²) in [5, 5.41) is 2.74. The smallest absolute Gasteiger partial charge is 0.305 e. The third-order valence-corrected chi connectivity index (χ3v) is 3.54. The van der Waals surface area contributed by atoms with Gasteiger partial charge in [0.1, 0.15) is 11.6 Å². The molecule has 0 spiro atoms. The minimum atomic E-state index is -0.399. The second-order valence-electron chi connectivity index (χ2n) is 5.29. The highest BCUT2D eigenvalue weighted by Crippen LogP contribution is 2.24. The molecule has 2 rings (SSSR count). The van der Waals surface area contributed by atoms with Gasteiger partial charge in [-0.25, -0.2) is 4.39 Å². The first-order valence-electron chi connectivity index (χ1n) is 7.81. The van der Waals surface area contributed by atoms with E-state index in [2.05, 4.69) is 10.1 Å². The molecule has 0 saturated carbocycles. The van der Waals surface area contributed by atoms with Crippen molar-refractivity contribution in [3.63, 3.8) is 0 Å². The van der Waals surface area contributed by atoms with Crippen LogP contribution in [0, 0.1) is 5.82 Å². The Morgan fingerprint density at radius 1 is 1.12 bits per heavy atom. The van der Waals surface area contributed by atoms with Crippen LogP contribution in [-0.2, 0) is 9.53 Å². The summed E-state index contributed by atoms with van der Waals surface area (Å²) in [4.78, 5) is 22.9. The van der Waals surface area contributed by atoms with Crippen LogP contribution in [-0.4, -0.2) is 25.5 Å². The Bertz CT molecular complexity index is 696. The predicted octanol–water partition coefficient (Wildman–Crippen LogP) is 3.55. The highest BCUT2D eigenvalue weighted by Gasteiger charge is 2.13. The topological polar surface area (TPSA) is 68.5 Å². The Labute approximate surface area is 139 Å². The van der Waals surface area contributed by atoms with Gasteiger partial charge >= 0.3 is 5.97 Å². The lowest BCUT2D eigenvalue weighted by Gasteiger charge is -2.03. The largest absolute Gasteiger partial charge is 0.469 e. The first kappa shape index (κ1) is 17.7. The fraction of sp³-hybridized carbons (Fsp3) is 0.333. The summed E-state index contributed by atoms with van der Waals surface area (Å²) in [6, 6.07) is 9.33. The molecule has 1 N–H and O–H groups in total. The molecule has 0 radical (unpaired) electrons. The lowest BCUT2D eigenvalue weighted by atomic mass is 10.1.